The lowest BCUT2D eigenvalue weighted by Gasteiger charge is -2.38. The van der Waals surface area contributed by atoms with Gasteiger partial charge in [-0.1, -0.05) is 31.5 Å². The maximum absolute atomic E-state index is 13.7. The van der Waals surface area contributed by atoms with Gasteiger partial charge in [-0.15, -0.1) is 0 Å². The normalized spacial score (nSPS) is 23.1. The Balaban J connectivity index is 2.23. The predicted molar refractivity (Wildman–Crippen MR) is 124 cm³/mol. The molecule has 1 aromatic carbocycles. The largest absolute Gasteiger partial charge is 0.468 e. The maximum atomic E-state index is 13.7. The molecule has 1 aromatic rings. The summed E-state index contributed by atoms with van der Waals surface area (Å²) in [5.74, 6) is -4.17. The highest BCUT2D eigenvalue weighted by Crippen LogP contribution is 2.46. The number of hydrogen-bond donors (Lipinski definition) is 1. The second-order valence-electron chi connectivity index (χ2n) is 8.63. The monoisotopic (exact) mass is 490 g/mol. The number of carbonyl (C=O) groups is 3. The highest BCUT2D eigenvalue weighted by atomic mass is 35.5. The average molecular weight is 491 g/mol. The minimum absolute atomic E-state index is 0.0719. The molecule has 0 aromatic heterocycles. The summed E-state index contributed by atoms with van der Waals surface area (Å²) >= 11 is 6.02. The number of nitro groups is 1. The third-order valence-corrected chi connectivity index (χ3v) is 6.67. The fourth-order valence-electron chi connectivity index (χ4n) is 4.46. The molecule has 1 N–H and O–H groups in total. The molecule has 0 amide bonds. The van der Waals surface area contributed by atoms with E-state index < -0.39 is 34.5 Å². The van der Waals surface area contributed by atoms with Crippen molar-refractivity contribution >= 4 is 35.0 Å². The smallest absolute Gasteiger partial charge is 0.337 e. The second kappa shape index (κ2) is 9.97. The highest BCUT2D eigenvalue weighted by Gasteiger charge is 2.47. The number of carbonyl (C=O) groups excluding carboxylic acids is 3. The van der Waals surface area contributed by atoms with E-state index in [9.17, 15) is 24.5 Å². The minimum atomic E-state index is -1.06. The van der Waals surface area contributed by atoms with Gasteiger partial charge in [0.25, 0.3) is 5.69 Å². The Morgan fingerprint density at radius 1 is 1.35 bits per heavy atom. The van der Waals surface area contributed by atoms with Crippen LogP contribution in [0, 0.1) is 22.0 Å². The first-order valence-electron chi connectivity index (χ1n) is 11.0. The molecule has 10 heteroatoms. The van der Waals surface area contributed by atoms with Crippen molar-refractivity contribution in [2.24, 2.45) is 11.8 Å². The van der Waals surface area contributed by atoms with Crippen molar-refractivity contribution in [3.8, 4) is 0 Å². The summed E-state index contributed by atoms with van der Waals surface area (Å²) < 4.78 is 10.4. The van der Waals surface area contributed by atoms with Gasteiger partial charge in [-0.3, -0.25) is 19.7 Å². The minimum Gasteiger partial charge on any atom is -0.468 e. The van der Waals surface area contributed by atoms with Crippen LogP contribution in [0.25, 0.3) is 0 Å². The molecule has 0 radical (unpaired) electrons. The van der Waals surface area contributed by atoms with Gasteiger partial charge in [0.1, 0.15) is 10.9 Å². The molecule has 3 rings (SSSR count). The molecule has 2 aliphatic rings. The van der Waals surface area contributed by atoms with Gasteiger partial charge < -0.3 is 14.8 Å². The first-order chi connectivity index (χ1) is 16.0. The van der Waals surface area contributed by atoms with Crippen molar-refractivity contribution in [2.45, 2.75) is 52.6 Å². The number of allylic oxidation sites excluding steroid dienone is 3. The number of Topliss-reactive ketones (excluding diaryl/α,β-unsaturated/α-hetero) is 1. The number of ketones is 1. The molecular weight excluding hydrogens is 464 g/mol. The number of methoxy groups -OCH3 is 1. The lowest BCUT2D eigenvalue weighted by Crippen LogP contribution is -2.43. The van der Waals surface area contributed by atoms with Crippen LogP contribution in [-0.2, 0) is 23.9 Å². The van der Waals surface area contributed by atoms with Crippen molar-refractivity contribution < 1.29 is 28.8 Å². The zero-order valence-corrected chi connectivity index (χ0v) is 20.4. The summed E-state index contributed by atoms with van der Waals surface area (Å²) in [6, 6.07) is 4.15. The molecule has 0 fully saturated rings. The molecule has 1 aliphatic carbocycles. The average Bonchev–Trinajstić information content (AvgIpc) is 2.77. The lowest BCUT2D eigenvalue weighted by molar-refractivity contribution is -0.384. The number of dihydropyridines is 1. The summed E-state index contributed by atoms with van der Waals surface area (Å²) in [4.78, 5) is 50.3. The summed E-state index contributed by atoms with van der Waals surface area (Å²) in [6.07, 6.45) is 0.559. The van der Waals surface area contributed by atoms with Crippen molar-refractivity contribution in [3.05, 3.63) is 61.4 Å². The number of nitrogens with zero attached hydrogens (tertiary/aromatic N) is 1. The Morgan fingerprint density at radius 2 is 2.03 bits per heavy atom. The van der Waals surface area contributed by atoms with Gasteiger partial charge in [-0.25, -0.2) is 4.79 Å². The molecule has 0 saturated heterocycles. The quantitative estimate of drug-likeness (QED) is 0.272. The van der Waals surface area contributed by atoms with E-state index in [1.165, 1.54) is 25.3 Å². The van der Waals surface area contributed by atoms with E-state index in [0.29, 0.717) is 29.8 Å². The number of nitrogens with one attached hydrogen (secondary N) is 1. The van der Waals surface area contributed by atoms with E-state index in [2.05, 4.69) is 5.32 Å². The van der Waals surface area contributed by atoms with Crippen LogP contribution in [0.1, 0.15) is 52.0 Å². The van der Waals surface area contributed by atoms with Crippen LogP contribution in [0.3, 0.4) is 0 Å². The van der Waals surface area contributed by atoms with E-state index in [-0.39, 0.29) is 33.9 Å². The Labute approximate surface area is 202 Å². The molecule has 9 nitrogen and oxygen atoms in total. The highest BCUT2D eigenvalue weighted by molar-refractivity contribution is 6.32. The summed E-state index contributed by atoms with van der Waals surface area (Å²) in [5, 5.41) is 14.6. The third kappa shape index (κ3) is 4.57. The van der Waals surface area contributed by atoms with E-state index >= 15 is 0 Å². The first-order valence-corrected chi connectivity index (χ1v) is 11.4. The van der Waals surface area contributed by atoms with Crippen LogP contribution in [0.4, 0.5) is 5.69 Å². The van der Waals surface area contributed by atoms with E-state index in [0.717, 1.165) is 0 Å². The summed E-state index contributed by atoms with van der Waals surface area (Å²) in [7, 11) is 1.21. The number of rotatable bonds is 6. The summed E-state index contributed by atoms with van der Waals surface area (Å²) in [5.41, 5.74) is 1.37. The van der Waals surface area contributed by atoms with E-state index in [4.69, 9.17) is 21.1 Å². The molecule has 4 atom stereocenters. The Bertz CT molecular complexity index is 1120. The van der Waals surface area contributed by atoms with Crippen LogP contribution in [-0.4, -0.2) is 35.9 Å². The van der Waals surface area contributed by atoms with Gasteiger partial charge in [-0.05, 0) is 44.2 Å². The Morgan fingerprint density at radius 3 is 2.62 bits per heavy atom. The van der Waals surface area contributed by atoms with Crippen molar-refractivity contribution in [2.75, 3.05) is 7.11 Å². The molecule has 1 heterocycles. The standard InChI is InChI=1S/C24H27ClN2O7/c1-6-12(3)34-24(30)19-13(4)26-16-9-11(2)18(23(29)33-5)22(28)21(16)20(19)14-7-8-15(25)17(10-14)27(31)32/h7-8,10-12,18,20,26H,6,9H2,1-5H3/t11-,12-,18+,20-/m0/s1. The van der Waals surface area contributed by atoms with Gasteiger partial charge in [0.05, 0.1) is 23.7 Å². The topological polar surface area (TPSA) is 125 Å². The first kappa shape index (κ1) is 25.4. The van der Waals surface area contributed by atoms with Crippen molar-refractivity contribution in [1.29, 1.82) is 0 Å². The number of halogens is 1. The molecule has 182 valence electrons. The zero-order valence-electron chi connectivity index (χ0n) is 19.6. The SMILES string of the molecule is CC[C@H](C)OC(=O)C1=C(C)NC2=C(C(=O)[C@H](C(=O)OC)[C@@H](C)C2)[C@H]1c1ccc(Cl)c([N+](=O)[O-])c1. The Kier molecular flexibility index (Phi) is 7.45. The van der Waals surface area contributed by atoms with Crippen molar-refractivity contribution in [1.82, 2.24) is 5.32 Å². The number of ether oxygens (including phenoxy) is 2. The van der Waals surface area contributed by atoms with Crippen molar-refractivity contribution in [3.63, 3.8) is 0 Å². The van der Waals surface area contributed by atoms with E-state index in [1.54, 1.807) is 20.8 Å². The number of nitro benzene ring substituents is 1. The van der Waals surface area contributed by atoms with Gasteiger partial charge in [0.2, 0.25) is 0 Å². The molecule has 0 unspecified atom stereocenters. The second-order valence-corrected chi connectivity index (χ2v) is 9.03. The van der Waals surface area contributed by atoms with Crippen LogP contribution in [0.2, 0.25) is 5.02 Å². The number of benzene rings is 1. The number of esters is 2. The zero-order chi connectivity index (χ0) is 25.3. The van der Waals surface area contributed by atoms with E-state index in [1.807, 2.05) is 6.92 Å². The van der Waals surface area contributed by atoms with Crippen LogP contribution in [0.15, 0.2) is 40.7 Å². The molecule has 34 heavy (non-hydrogen) atoms. The Hall–Kier alpha value is -3.20. The molecule has 0 spiro atoms. The van der Waals surface area contributed by atoms with Crippen LogP contribution in [0.5, 0.6) is 0 Å². The van der Waals surface area contributed by atoms with Gasteiger partial charge >= 0.3 is 11.9 Å². The molecular formula is C24H27ClN2O7. The lowest BCUT2D eigenvalue weighted by atomic mass is 9.69. The van der Waals surface area contributed by atoms with Crippen LogP contribution < -0.4 is 5.32 Å². The maximum Gasteiger partial charge on any atom is 0.337 e. The van der Waals surface area contributed by atoms with Gasteiger partial charge in [-0.2, -0.15) is 0 Å². The third-order valence-electron chi connectivity index (χ3n) is 6.35. The van der Waals surface area contributed by atoms with Gasteiger partial charge in [0, 0.05) is 29.0 Å². The van der Waals surface area contributed by atoms with Gasteiger partial charge in [0.15, 0.2) is 5.78 Å². The molecule has 1 aliphatic heterocycles. The fourth-order valence-corrected chi connectivity index (χ4v) is 4.65. The predicted octanol–water partition coefficient (Wildman–Crippen LogP) is 4.20. The fraction of sp³-hybridized carbons (Fsp3) is 0.458. The molecule has 0 bridgehead atoms. The number of hydrogen-bond acceptors (Lipinski definition) is 8. The van der Waals surface area contributed by atoms with Crippen LogP contribution >= 0.6 is 11.6 Å². The summed E-state index contributed by atoms with van der Waals surface area (Å²) in [6.45, 7) is 7.08. The molecule has 0 saturated carbocycles.